The predicted octanol–water partition coefficient (Wildman–Crippen LogP) is -1.13. The van der Waals surface area contributed by atoms with Crippen LogP contribution in [0.25, 0.3) is 0 Å². The lowest BCUT2D eigenvalue weighted by atomic mass is 9.93. The van der Waals surface area contributed by atoms with Gasteiger partial charge in [-0.3, -0.25) is 9.05 Å². The van der Waals surface area contributed by atoms with Crippen LogP contribution in [0.1, 0.15) is 0 Å². The summed E-state index contributed by atoms with van der Waals surface area (Å²) in [6.07, 6.45) is -2.91. The zero-order valence-corrected chi connectivity index (χ0v) is 22.0. The average Bonchev–Trinajstić information content (AvgIpc) is 3.23. The second-order valence-corrected chi connectivity index (χ2v) is 10.8. The number of thiol groups is 1. The van der Waals surface area contributed by atoms with Crippen molar-refractivity contribution in [2.75, 3.05) is 68.1 Å². The molecule has 0 aliphatic carbocycles. The molecule has 0 N–H and O–H groups in total. The molecule has 15 heteroatoms. The number of rotatable bonds is 16. The SMILES string of the molecule is B[C@@H]1O[C@H](COP(=O)(S)OC2[C@@H](COC)O[C@@H](B)[C@H]2OCCOC)C(OC)[C@@H]1OCCOC. The molecule has 9 atom stereocenters. The fraction of sp³-hybridized carbons (Fsp3) is 1.00. The molecule has 2 saturated heterocycles. The van der Waals surface area contributed by atoms with Gasteiger partial charge in [0.2, 0.25) is 0 Å². The maximum absolute atomic E-state index is 13.1. The Labute approximate surface area is 203 Å². The minimum absolute atomic E-state index is 0.0545. The van der Waals surface area contributed by atoms with Gasteiger partial charge in [0, 0.05) is 28.4 Å². The van der Waals surface area contributed by atoms with Crippen LogP contribution in [0.2, 0.25) is 0 Å². The van der Waals surface area contributed by atoms with Gasteiger partial charge in [0.15, 0.2) is 0 Å². The normalized spacial score (nSPS) is 36.3. The number of hydrogen-bond acceptors (Lipinski definition) is 11. The molecule has 11 nitrogen and oxygen atoms in total. The van der Waals surface area contributed by atoms with Crippen LogP contribution in [0.15, 0.2) is 0 Å². The Hall–Kier alpha value is 0.310. The van der Waals surface area contributed by atoms with E-state index in [2.05, 4.69) is 12.2 Å². The highest BCUT2D eigenvalue weighted by molar-refractivity contribution is 8.44. The third-order valence-corrected chi connectivity index (χ3v) is 7.15. The zero-order valence-electron chi connectivity index (χ0n) is 20.2. The third-order valence-electron chi connectivity index (χ3n) is 5.54. The minimum atomic E-state index is -3.81. The lowest BCUT2D eigenvalue weighted by molar-refractivity contribution is -0.0610. The number of methoxy groups -OCH3 is 4. The summed E-state index contributed by atoms with van der Waals surface area (Å²) in [6, 6.07) is -0.545. The monoisotopic (exact) mass is 514 g/mol. The van der Waals surface area contributed by atoms with Crippen molar-refractivity contribution in [1.82, 2.24) is 0 Å². The second-order valence-electron chi connectivity index (χ2n) is 7.91. The van der Waals surface area contributed by atoms with E-state index in [1.165, 1.54) is 0 Å². The van der Waals surface area contributed by atoms with E-state index in [0.29, 0.717) is 26.4 Å². The molecule has 2 aliphatic heterocycles. The Balaban J connectivity index is 1.98. The highest BCUT2D eigenvalue weighted by Gasteiger charge is 2.48. The van der Waals surface area contributed by atoms with Crippen molar-refractivity contribution in [3.63, 3.8) is 0 Å². The number of ether oxygens (including phenoxy) is 8. The van der Waals surface area contributed by atoms with E-state index in [-0.39, 0.29) is 31.3 Å². The highest BCUT2D eigenvalue weighted by atomic mass is 32.7. The molecule has 2 fully saturated rings. The quantitative estimate of drug-likeness (QED) is 0.117. The van der Waals surface area contributed by atoms with Gasteiger partial charge in [0.05, 0.1) is 51.6 Å². The van der Waals surface area contributed by atoms with E-state index in [1.54, 1.807) is 28.4 Å². The minimum Gasteiger partial charge on any atom is -0.382 e. The number of hydrogen-bond donors (Lipinski definition) is 1. The van der Waals surface area contributed by atoms with Crippen LogP contribution in [0.3, 0.4) is 0 Å². The van der Waals surface area contributed by atoms with Gasteiger partial charge < -0.3 is 37.9 Å². The summed E-state index contributed by atoms with van der Waals surface area (Å²) in [4.78, 5) is 0. The van der Waals surface area contributed by atoms with E-state index in [0.717, 1.165) is 0 Å². The first-order chi connectivity index (χ1) is 15.8. The lowest BCUT2D eigenvalue weighted by Gasteiger charge is -2.27. The van der Waals surface area contributed by atoms with Gasteiger partial charge in [0.25, 0.3) is 0 Å². The summed E-state index contributed by atoms with van der Waals surface area (Å²) >= 11 is 4.19. The van der Waals surface area contributed by atoms with Gasteiger partial charge in [-0.05, 0) is 0 Å². The van der Waals surface area contributed by atoms with Crippen molar-refractivity contribution >= 4 is 34.7 Å². The largest absolute Gasteiger partial charge is 0.386 e. The molecule has 3 unspecified atom stereocenters. The van der Waals surface area contributed by atoms with E-state index in [1.807, 2.05) is 15.7 Å². The average molecular weight is 514 g/mol. The Morgan fingerprint density at radius 1 is 0.758 bits per heavy atom. The Kier molecular flexibility index (Phi) is 13.2. The summed E-state index contributed by atoms with van der Waals surface area (Å²) in [6.45, 7) is -2.02. The van der Waals surface area contributed by atoms with Crippen molar-refractivity contribution < 1.29 is 51.5 Å². The van der Waals surface area contributed by atoms with Crippen LogP contribution < -0.4 is 0 Å². The van der Waals surface area contributed by atoms with Crippen LogP contribution in [0.5, 0.6) is 0 Å². The summed E-state index contributed by atoms with van der Waals surface area (Å²) < 4.78 is 68.9. The van der Waals surface area contributed by atoms with Gasteiger partial charge >= 0.3 is 6.80 Å². The smallest absolute Gasteiger partial charge is 0.382 e. The molecule has 2 heterocycles. The summed E-state index contributed by atoms with van der Waals surface area (Å²) in [5, 5.41) is 0. The second kappa shape index (κ2) is 14.8. The fourth-order valence-electron chi connectivity index (χ4n) is 4.01. The third kappa shape index (κ3) is 8.73. The van der Waals surface area contributed by atoms with E-state index < -0.39 is 37.3 Å². The van der Waals surface area contributed by atoms with Gasteiger partial charge in [-0.15, -0.1) is 0 Å². The maximum Gasteiger partial charge on any atom is 0.386 e. The molecular formula is C18H37B2O11PS. The highest BCUT2D eigenvalue weighted by Crippen LogP contribution is 2.56. The topological polar surface area (TPSA) is 109 Å². The molecule has 0 amide bonds. The maximum atomic E-state index is 13.1. The first-order valence-corrected chi connectivity index (χ1v) is 13.7. The van der Waals surface area contributed by atoms with Gasteiger partial charge in [-0.1, -0.05) is 12.2 Å². The molecule has 0 saturated carbocycles. The van der Waals surface area contributed by atoms with Gasteiger partial charge in [-0.25, -0.2) is 4.57 Å². The molecule has 192 valence electrons. The van der Waals surface area contributed by atoms with Gasteiger partial charge in [0.1, 0.15) is 52.3 Å². The summed E-state index contributed by atoms with van der Waals surface area (Å²) in [7, 11) is 10.0. The van der Waals surface area contributed by atoms with Gasteiger partial charge in [-0.2, -0.15) is 0 Å². The molecule has 0 aromatic heterocycles. The summed E-state index contributed by atoms with van der Waals surface area (Å²) in [5.41, 5.74) is 0. The standard InChI is InChI=1S/C18H37B2O11PS/c1-22-5-7-26-15-13(25-4)12(30-17(15)19)10-28-32(21,33)31-14-11(9-24-3)29-18(20)16(14)27-8-6-23-2/h11-18H,5-10,19-20H2,1-4H3,(H,21,33)/t11-,12-,13?,14?,15+,16+,17-,18-,32?/m1/s1. The van der Waals surface area contributed by atoms with Crippen LogP contribution in [-0.4, -0.2) is 132 Å². The van der Waals surface area contributed by atoms with Crippen LogP contribution >= 0.6 is 19.0 Å². The van der Waals surface area contributed by atoms with Crippen molar-refractivity contribution in [3.05, 3.63) is 0 Å². The molecule has 0 bridgehead atoms. The van der Waals surface area contributed by atoms with Crippen molar-refractivity contribution in [3.8, 4) is 0 Å². The van der Waals surface area contributed by atoms with Crippen LogP contribution in [0.4, 0.5) is 0 Å². The Morgan fingerprint density at radius 3 is 1.76 bits per heavy atom. The molecule has 0 aromatic rings. The molecule has 0 radical (unpaired) electrons. The van der Waals surface area contributed by atoms with Crippen molar-refractivity contribution in [2.45, 2.75) is 48.6 Å². The van der Waals surface area contributed by atoms with E-state index >= 15 is 0 Å². The van der Waals surface area contributed by atoms with Crippen molar-refractivity contribution in [1.29, 1.82) is 0 Å². The van der Waals surface area contributed by atoms with Crippen LogP contribution in [0, 0.1) is 0 Å². The first kappa shape index (κ1) is 29.5. The molecule has 0 aromatic carbocycles. The fourth-order valence-corrected chi connectivity index (χ4v) is 5.50. The predicted molar refractivity (Wildman–Crippen MR) is 128 cm³/mol. The van der Waals surface area contributed by atoms with E-state index in [9.17, 15) is 4.57 Å². The van der Waals surface area contributed by atoms with Crippen molar-refractivity contribution in [2.24, 2.45) is 0 Å². The summed E-state index contributed by atoms with van der Waals surface area (Å²) in [5.74, 6) is 0. The molecule has 2 rings (SSSR count). The lowest BCUT2D eigenvalue weighted by Crippen LogP contribution is -2.40. The Bertz CT molecular complexity index is 610. The van der Waals surface area contributed by atoms with E-state index in [4.69, 9.17) is 46.9 Å². The zero-order chi connectivity index (χ0) is 24.4. The molecule has 2 aliphatic rings. The Morgan fingerprint density at radius 2 is 1.27 bits per heavy atom. The molecular weight excluding hydrogens is 477 g/mol. The first-order valence-electron chi connectivity index (χ1n) is 11.0. The molecule has 0 spiro atoms. The molecule has 33 heavy (non-hydrogen) atoms. The van der Waals surface area contributed by atoms with Crippen LogP contribution in [-0.2, 0) is 51.5 Å².